The van der Waals surface area contributed by atoms with Crippen LogP contribution in [-0.2, 0) is 4.74 Å². The molecule has 2 aromatic carbocycles. The van der Waals surface area contributed by atoms with E-state index in [1.54, 1.807) is 55.5 Å². The molecule has 8 heteroatoms. The zero-order valence-corrected chi connectivity index (χ0v) is 16.2. The fourth-order valence-corrected chi connectivity index (χ4v) is 2.65. The second-order valence-corrected chi connectivity index (χ2v) is 6.07. The van der Waals surface area contributed by atoms with Crippen molar-refractivity contribution in [3.63, 3.8) is 0 Å². The van der Waals surface area contributed by atoms with E-state index < -0.39 is 11.9 Å². The molecule has 0 aliphatic heterocycles. The molecule has 0 saturated heterocycles. The number of aromatic nitrogens is 2. The summed E-state index contributed by atoms with van der Waals surface area (Å²) >= 11 is 0. The largest absolute Gasteiger partial charge is 0.495 e. The first-order valence-corrected chi connectivity index (χ1v) is 8.75. The molecule has 0 aliphatic carbocycles. The molecule has 1 aromatic heterocycles. The van der Waals surface area contributed by atoms with Crippen LogP contribution in [0.3, 0.4) is 0 Å². The first-order chi connectivity index (χ1) is 14.0. The molecule has 1 heterocycles. The maximum Gasteiger partial charge on any atom is 0.337 e. The number of hydrogen-bond acceptors (Lipinski definition) is 7. The minimum atomic E-state index is -0.448. The average Bonchev–Trinajstić information content (AvgIpc) is 2.73. The van der Waals surface area contributed by atoms with Crippen molar-refractivity contribution in [3.8, 4) is 5.75 Å². The van der Waals surface area contributed by atoms with E-state index in [1.807, 2.05) is 6.07 Å². The van der Waals surface area contributed by atoms with Crippen LogP contribution in [0.4, 0.5) is 17.3 Å². The molecule has 2 N–H and O–H groups in total. The van der Waals surface area contributed by atoms with Gasteiger partial charge in [0.15, 0.2) is 0 Å². The lowest BCUT2D eigenvalue weighted by Gasteiger charge is -2.11. The van der Waals surface area contributed by atoms with Gasteiger partial charge in [-0.2, -0.15) is 0 Å². The third kappa shape index (κ3) is 4.86. The molecule has 1 amide bonds. The quantitative estimate of drug-likeness (QED) is 0.618. The van der Waals surface area contributed by atoms with E-state index in [9.17, 15) is 9.59 Å². The Morgan fingerprint density at radius 3 is 2.52 bits per heavy atom. The summed E-state index contributed by atoms with van der Waals surface area (Å²) in [5, 5.41) is 5.80. The molecule has 8 nitrogen and oxygen atoms in total. The number of para-hydroxylation sites is 2. The number of carbonyl (C=O) groups excluding carboxylic acids is 2. The van der Waals surface area contributed by atoms with E-state index in [4.69, 9.17) is 9.47 Å². The highest BCUT2D eigenvalue weighted by molar-refractivity contribution is 6.04. The van der Waals surface area contributed by atoms with Crippen molar-refractivity contribution in [1.82, 2.24) is 9.97 Å². The number of amides is 1. The maximum absolute atomic E-state index is 12.7. The van der Waals surface area contributed by atoms with Crippen LogP contribution in [0.25, 0.3) is 0 Å². The fourth-order valence-electron chi connectivity index (χ4n) is 2.65. The first kappa shape index (κ1) is 19.8. The third-order valence-corrected chi connectivity index (χ3v) is 3.98. The Morgan fingerprint density at radius 1 is 0.966 bits per heavy atom. The van der Waals surface area contributed by atoms with Gasteiger partial charge in [-0.15, -0.1) is 0 Å². The fraction of sp³-hybridized carbons (Fsp3) is 0.143. The van der Waals surface area contributed by atoms with Gasteiger partial charge < -0.3 is 20.1 Å². The summed E-state index contributed by atoms with van der Waals surface area (Å²) in [4.78, 5) is 33.0. The van der Waals surface area contributed by atoms with Gasteiger partial charge in [0.25, 0.3) is 5.91 Å². The number of rotatable bonds is 6. The smallest absolute Gasteiger partial charge is 0.337 e. The van der Waals surface area contributed by atoms with Crippen LogP contribution < -0.4 is 15.4 Å². The summed E-state index contributed by atoms with van der Waals surface area (Å²) in [7, 11) is 2.85. The number of nitrogens with one attached hydrogen (secondary N) is 2. The van der Waals surface area contributed by atoms with Crippen LogP contribution in [0.15, 0.2) is 54.6 Å². The molecule has 0 unspecified atom stereocenters. The number of anilines is 3. The van der Waals surface area contributed by atoms with Crippen LogP contribution in [0.2, 0.25) is 0 Å². The Balaban J connectivity index is 1.83. The highest BCUT2D eigenvalue weighted by Crippen LogP contribution is 2.24. The molecular formula is C21H20N4O4. The minimum absolute atomic E-state index is 0.190. The Kier molecular flexibility index (Phi) is 6.03. The summed E-state index contributed by atoms with van der Waals surface area (Å²) in [5.74, 6) is -0.0659. The maximum atomic E-state index is 12.7. The SMILES string of the molecule is COC(=O)c1cccc(Nc2nc(C)cc(C(=O)Nc3ccccc3OC)n2)c1. The van der Waals surface area contributed by atoms with E-state index >= 15 is 0 Å². The highest BCUT2D eigenvalue weighted by atomic mass is 16.5. The van der Waals surface area contributed by atoms with Gasteiger partial charge in [0, 0.05) is 11.4 Å². The summed E-state index contributed by atoms with van der Waals surface area (Å²) < 4.78 is 9.98. The Labute approximate surface area is 167 Å². The van der Waals surface area contributed by atoms with E-state index in [-0.39, 0.29) is 11.6 Å². The number of methoxy groups -OCH3 is 2. The molecular weight excluding hydrogens is 372 g/mol. The van der Waals surface area contributed by atoms with Gasteiger partial charge in [-0.3, -0.25) is 4.79 Å². The minimum Gasteiger partial charge on any atom is -0.495 e. The van der Waals surface area contributed by atoms with Crippen LogP contribution in [-0.4, -0.2) is 36.1 Å². The van der Waals surface area contributed by atoms with Crippen molar-refractivity contribution >= 4 is 29.2 Å². The van der Waals surface area contributed by atoms with E-state index in [2.05, 4.69) is 20.6 Å². The van der Waals surface area contributed by atoms with Crippen LogP contribution in [0, 0.1) is 6.92 Å². The lowest BCUT2D eigenvalue weighted by atomic mass is 10.2. The molecule has 0 aliphatic rings. The summed E-state index contributed by atoms with van der Waals surface area (Å²) in [6.45, 7) is 1.76. The van der Waals surface area contributed by atoms with Crippen molar-refractivity contribution in [3.05, 3.63) is 71.5 Å². The van der Waals surface area contributed by atoms with Crippen molar-refractivity contribution in [1.29, 1.82) is 0 Å². The van der Waals surface area contributed by atoms with E-state index in [1.165, 1.54) is 14.2 Å². The Bertz CT molecular complexity index is 1050. The molecule has 0 saturated carbocycles. The van der Waals surface area contributed by atoms with Crippen LogP contribution >= 0.6 is 0 Å². The second-order valence-electron chi connectivity index (χ2n) is 6.07. The van der Waals surface area contributed by atoms with Gasteiger partial charge in [0.05, 0.1) is 25.5 Å². The molecule has 0 spiro atoms. The molecule has 3 aromatic rings. The van der Waals surface area contributed by atoms with Gasteiger partial charge >= 0.3 is 5.97 Å². The van der Waals surface area contributed by atoms with Crippen molar-refractivity contribution in [2.24, 2.45) is 0 Å². The summed E-state index contributed by atoms with van der Waals surface area (Å²) in [5.41, 5.74) is 2.32. The zero-order valence-electron chi connectivity index (χ0n) is 16.2. The molecule has 0 bridgehead atoms. The van der Waals surface area contributed by atoms with Gasteiger partial charge in [0.1, 0.15) is 11.4 Å². The van der Waals surface area contributed by atoms with Crippen LogP contribution in [0.1, 0.15) is 26.5 Å². The van der Waals surface area contributed by atoms with Gasteiger partial charge in [-0.25, -0.2) is 14.8 Å². The monoisotopic (exact) mass is 392 g/mol. The molecule has 29 heavy (non-hydrogen) atoms. The highest BCUT2D eigenvalue weighted by Gasteiger charge is 2.14. The number of esters is 1. The standard InChI is InChI=1S/C21H20N4O4/c1-13-11-17(19(26)24-16-9-4-5-10-18(16)28-2)25-21(22-13)23-15-8-6-7-14(12-15)20(27)29-3/h4-12H,1-3H3,(H,24,26)(H,22,23,25). The zero-order chi connectivity index (χ0) is 20.8. The summed E-state index contributed by atoms with van der Waals surface area (Å²) in [6.07, 6.45) is 0. The molecule has 0 atom stereocenters. The van der Waals surface area contributed by atoms with Gasteiger partial charge in [0.2, 0.25) is 5.95 Å². The predicted octanol–water partition coefficient (Wildman–Crippen LogP) is 3.58. The van der Waals surface area contributed by atoms with Crippen LogP contribution in [0.5, 0.6) is 5.75 Å². The van der Waals surface area contributed by atoms with Crippen molar-refractivity contribution < 1.29 is 19.1 Å². The number of nitrogens with zero attached hydrogens (tertiary/aromatic N) is 2. The number of carbonyl (C=O) groups is 2. The summed E-state index contributed by atoms with van der Waals surface area (Å²) in [6, 6.07) is 15.4. The van der Waals surface area contributed by atoms with E-state index in [0.29, 0.717) is 28.4 Å². The molecule has 148 valence electrons. The lowest BCUT2D eigenvalue weighted by Crippen LogP contribution is -2.16. The number of ether oxygens (including phenoxy) is 2. The average molecular weight is 392 g/mol. The van der Waals surface area contributed by atoms with Gasteiger partial charge in [-0.1, -0.05) is 18.2 Å². The normalized spacial score (nSPS) is 10.2. The van der Waals surface area contributed by atoms with E-state index in [0.717, 1.165) is 0 Å². The Hall–Kier alpha value is -3.94. The number of benzene rings is 2. The first-order valence-electron chi connectivity index (χ1n) is 8.75. The molecule has 3 rings (SSSR count). The third-order valence-electron chi connectivity index (χ3n) is 3.98. The Morgan fingerprint density at radius 2 is 1.76 bits per heavy atom. The molecule has 0 radical (unpaired) electrons. The number of aryl methyl sites for hydroxylation is 1. The van der Waals surface area contributed by atoms with Gasteiger partial charge in [-0.05, 0) is 43.3 Å². The number of hydrogen-bond donors (Lipinski definition) is 2. The van der Waals surface area contributed by atoms with Crippen molar-refractivity contribution in [2.45, 2.75) is 6.92 Å². The topological polar surface area (TPSA) is 102 Å². The second kappa shape index (κ2) is 8.83. The lowest BCUT2D eigenvalue weighted by molar-refractivity contribution is 0.0600. The predicted molar refractivity (Wildman–Crippen MR) is 109 cm³/mol. The molecule has 0 fully saturated rings. The van der Waals surface area contributed by atoms with Crippen molar-refractivity contribution in [2.75, 3.05) is 24.9 Å².